The van der Waals surface area contributed by atoms with Crippen LogP contribution in [-0.2, 0) is 14.8 Å². The molecule has 2 amide bonds. The summed E-state index contributed by atoms with van der Waals surface area (Å²) in [7, 11) is -3.74. The van der Waals surface area contributed by atoms with Crippen molar-refractivity contribution < 1.29 is 22.7 Å². The Hall–Kier alpha value is -3.07. The maximum absolute atomic E-state index is 12.8. The summed E-state index contributed by atoms with van der Waals surface area (Å²) in [6.07, 6.45) is 6.31. The molecular weight excluding hydrogens is 442 g/mol. The maximum Gasteiger partial charge on any atom is 0.253 e. The van der Waals surface area contributed by atoms with Crippen LogP contribution < -0.4 is 19.7 Å². The van der Waals surface area contributed by atoms with E-state index in [-0.39, 0.29) is 11.9 Å². The lowest BCUT2D eigenvalue weighted by atomic mass is 9.95. The van der Waals surface area contributed by atoms with E-state index in [1.54, 1.807) is 48.5 Å². The third kappa shape index (κ3) is 6.95. The second kappa shape index (κ2) is 11.2. The van der Waals surface area contributed by atoms with Crippen molar-refractivity contribution in [3.8, 4) is 5.75 Å². The Kier molecular flexibility index (Phi) is 8.32. The second-order valence-electron chi connectivity index (χ2n) is 8.10. The number of hydrogen-bond donors (Lipinski definition) is 2. The standard InChI is InChI=1S/C24H31N3O5S/c1-3-32-20-13-9-12-19(16-20)27(33(2,30)31)17-23(28)26-22-15-8-7-14-21(22)24(29)25-18-10-5-4-6-11-18/h7-9,12-16,18H,3-6,10-11,17H2,1-2H3,(H,25,29)(H,26,28). The van der Waals surface area contributed by atoms with E-state index in [1.807, 2.05) is 6.92 Å². The first-order valence-corrected chi connectivity index (χ1v) is 13.0. The second-order valence-corrected chi connectivity index (χ2v) is 10.0. The number of anilines is 2. The lowest BCUT2D eigenvalue weighted by Crippen LogP contribution is -2.38. The third-order valence-electron chi connectivity index (χ3n) is 5.49. The molecule has 8 nitrogen and oxygen atoms in total. The Balaban J connectivity index is 1.75. The van der Waals surface area contributed by atoms with Gasteiger partial charge in [-0.3, -0.25) is 13.9 Å². The summed E-state index contributed by atoms with van der Waals surface area (Å²) < 4.78 is 31.3. The Morgan fingerprint density at radius 1 is 1.06 bits per heavy atom. The van der Waals surface area contributed by atoms with E-state index in [0.717, 1.165) is 36.2 Å². The molecular formula is C24H31N3O5S. The van der Waals surface area contributed by atoms with E-state index >= 15 is 0 Å². The molecule has 2 N–H and O–H groups in total. The minimum atomic E-state index is -3.74. The van der Waals surface area contributed by atoms with Gasteiger partial charge in [-0.25, -0.2) is 8.42 Å². The molecule has 178 valence electrons. The van der Waals surface area contributed by atoms with Gasteiger partial charge in [-0.2, -0.15) is 0 Å². The molecule has 0 heterocycles. The first-order valence-electron chi connectivity index (χ1n) is 11.2. The number of sulfonamides is 1. The zero-order valence-corrected chi connectivity index (χ0v) is 19.9. The van der Waals surface area contributed by atoms with Crippen LogP contribution in [0.1, 0.15) is 49.4 Å². The van der Waals surface area contributed by atoms with E-state index in [2.05, 4.69) is 10.6 Å². The SMILES string of the molecule is CCOc1cccc(N(CC(=O)Nc2ccccc2C(=O)NC2CCCCC2)S(C)(=O)=O)c1. The molecule has 0 aromatic heterocycles. The molecule has 0 aliphatic heterocycles. The van der Waals surface area contributed by atoms with Gasteiger partial charge in [-0.1, -0.05) is 37.5 Å². The van der Waals surface area contributed by atoms with Gasteiger partial charge in [0.05, 0.1) is 29.8 Å². The van der Waals surface area contributed by atoms with Crippen molar-refractivity contribution in [2.75, 3.05) is 29.0 Å². The molecule has 1 fully saturated rings. The van der Waals surface area contributed by atoms with Crippen LogP contribution in [0.15, 0.2) is 48.5 Å². The predicted molar refractivity (Wildman–Crippen MR) is 129 cm³/mol. The molecule has 9 heteroatoms. The summed E-state index contributed by atoms with van der Waals surface area (Å²) in [6, 6.07) is 13.4. The van der Waals surface area contributed by atoms with Gasteiger partial charge < -0.3 is 15.4 Å². The zero-order valence-electron chi connectivity index (χ0n) is 19.0. The highest BCUT2D eigenvalue weighted by Crippen LogP contribution is 2.24. The number of nitrogens with one attached hydrogen (secondary N) is 2. The predicted octanol–water partition coefficient (Wildman–Crippen LogP) is 3.55. The summed E-state index contributed by atoms with van der Waals surface area (Å²) in [4.78, 5) is 25.7. The number of nitrogens with zero attached hydrogens (tertiary/aromatic N) is 1. The fourth-order valence-electron chi connectivity index (χ4n) is 3.92. The third-order valence-corrected chi connectivity index (χ3v) is 6.63. The molecule has 0 radical (unpaired) electrons. The van der Waals surface area contributed by atoms with Crippen LogP contribution in [0, 0.1) is 0 Å². The molecule has 1 aliphatic carbocycles. The molecule has 0 saturated heterocycles. The van der Waals surface area contributed by atoms with Crippen LogP contribution in [0.5, 0.6) is 5.75 Å². The van der Waals surface area contributed by atoms with Crippen molar-refractivity contribution in [3.63, 3.8) is 0 Å². The van der Waals surface area contributed by atoms with Crippen LogP contribution >= 0.6 is 0 Å². The van der Waals surface area contributed by atoms with Crippen LogP contribution in [0.25, 0.3) is 0 Å². The average Bonchev–Trinajstić information content (AvgIpc) is 2.78. The van der Waals surface area contributed by atoms with E-state index in [9.17, 15) is 18.0 Å². The quantitative estimate of drug-likeness (QED) is 0.580. The van der Waals surface area contributed by atoms with Crippen molar-refractivity contribution in [2.24, 2.45) is 0 Å². The number of ether oxygens (including phenoxy) is 1. The van der Waals surface area contributed by atoms with Gasteiger partial charge in [0.1, 0.15) is 12.3 Å². The van der Waals surface area contributed by atoms with Gasteiger partial charge in [-0.15, -0.1) is 0 Å². The normalized spacial score (nSPS) is 14.4. The number of carbonyl (C=O) groups excluding carboxylic acids is 2. The number of benzene rings is 2. The lowest BCUT2D eigenvalue weighted by molar-refractivity contribution is -0.114. The number of carbonyl (C=O) groups is 2. The Morgan fingerprint density at radius 2 is 1.79 bits per heavy atom. The van der Waals surface area contributed by atoms with Gasteiger partial charge in [0, 0.05) is 12.1 Å². The molecule has 0 atom stereocenters. The Labute approximate surface area is 195 Å². The first kappa shape index (κ1) is 24.6. The fraction of sp³-hybridized carbons (Fsp3) is 0.417. The minimum absolute atomic E-state index is 0.133. The molecule has 3 rings (SSSR count). The highest BCUT2D eigenvalue weighted by atomic mass is 32.2. The van der Waals surface area contributed by atoms with E-state index < -0.39 is 22.5 Å². The van der Waals surface area contributed by atoms with Gasteiger partial charge in [0.25, 0.3) is 5.91 Å². The van der Waals surface area contributed by atoms with E-state index in [0.29, 0.717) is 29.3 Å². The monoisotopic (exact) mass is 473 g/mol. The summed E-state index contributed by atoms with van der Waals surface area (Å²) in [5, 5.41) is 5.75. The van der Waals surface area contributed by atoms with Crippen molar-refractivity contribution in [2.45, 2.75) is 45.1 Å². The van der Waals surface area contributed by atoms with Crippen molar-refractivity contribution in [3.05, 3.63) is 54.1 Å². The molecule has 0 unspecified atom stereocenters. The van der Waals surface area contributed by atoms with Crippen molar-refractivity contribution in [1.82, 2.24) is 5.32 Å². The molecule has 0 bridgehead atoms. The van der Waals surface area contributed by atoms with Gasteiger partial charge in [-0.05, 0) is 44.0 Å². The highest BCUT2D eigenvalue weighted by molar-refractivity contribution is 7.92. The lowest BCUT2D eigenvalue weighted by Gasteiger charge is -2.24. The summed E-state index contributed by atoms with van der Waals surface area (Å²) in [6.45, 7) is 1.83. The molecule has 1 saturated carbocycles. The maximum atomic E-state index is 12.8. The molecule has 2 aromatic carbocycles. The zero-order chi connectivity index (χ0) is 23.8. The molecule has 0 spiro atoms. The van der Waals surface area contributed by atoms with Gasteiger partial charge in [0.2, 0.25) is 15.9 Å². The van der Waals surface area contributed by atoms with Crippen LogP contribution in [0.2, 0.25) is 0 Å². The molecule has 2 aromatic rings. The summed E-state index contributed by atoms with van der Waals surface area (Å²) >= 11 is 0. The van der Waals surface area contributed by atoms with E-state index in [1.165, 1.54) is 6.42 Å². The Bertz CT molecular complexity index is 1080. The largest absolute Gasteiger partial charge is 0.494 e. The van der Waals surface area contributed by atoms with Gasteiger partial charge in [0.15, 0.2) is 0 Å². The summed E-state index contributed by atoms with van der Waals surface area (Å²) in [5.41, 5.74) is 1.01. The number of amides is 2. The highest BCUT2D eigenvalue weighted by Gasteiger charge is 2.23. The first-order chi connectivity index (χ1) is 15.8. The average molecular weight is 474 g/mol. The Morgan fingerprint density at radius 3 is 2.48 bits per heavy atom. The number of rotatable bonds is 9. The smallest absolute Gasteiger partial charge is 0.253 e. The van der Waals surface area contributed by atoms with Crippen LogP contribution in [-0.4, -0.2) is 45.7 Å². The topological polar surface area (TPSA) is 105 Å². The fourth-order valence-corrected chi connectivity index (χ4v) is 4.76. The minimum Gasteiger partial charge on any atom is -0.494 e. The number of hydrogen-bond acceptors (Lipinski definition) is 5. The van der Waals surface area contributed by atoms with E-state index in [4.69, 9.17) is 4.74 Å². The van der Waals surface area contributed by atoms with Crippen molar-refractivity contribution >= 4 is 33.2 Å². The molecule has 1 aliphatic rings. The number of para-hydroxylation sites is 1. The summed E-state index contributed by atoms with van der Waals surface area (Å²) in [5.74, 6) is -0.295. The van der Waals surface area contributed by atoms with Crippen molar-refractivity contribution in [1.29, 1.82) is 0 Å². The van der Waals surface area contributed by atoms with Crippen LogP contribution in [0.4, 0.5) is 11.4 Å². The van der Waals surface area contributed by atoms with Gasteiger partial charge >= 0.3 is 0 Å². The van der Waals surface area contributed by atoms with Crippen LogP contribution in [0.3, 0.4) is 0 Å². The molecule has 33 heavy (non-hydrogen) atoms.